The summed E-state index contributed by atoms with van der Waals surface area (Å²) < 4.78 is 6.74. The molecule has 0 amide bonds. The zero-order valence-electron chi connectivity index (χ0n) is 59.7. The van der Waals surface area contributed by atoms with Crippen LogP contribution in [0.25, 0.3) is 0 Å². The second-order valence-corrected chi connectivity index (χ2v) is 28.7. The molecule has 0 saturated heterocycles. The Morgan fingerprint density at radius 2 is 0.369 bits per heavy atom. The lowest BCUT2D eigenvalue weighted by atomic mass is 9.65. The Balaban J connectivity index is 5.95. The Kier molecular flexibility index (Phi) is 72.7. The summed E-state index contributed by atoms with van der Waals surface area (Å²) in [4.78, 5) is 15.4. The van der Waals surface area contributed by atoms with E-state index in [1.807, 2.05) is 0 Å². The lowest BCUT2D eigenvalue weighted by Crippen LogP contribution is -2.41. The highest BCUT2D eigenvalue weighted by Gasteiger charge is 2.45. The minimum absolute atomic E-state index is 0.255. The molecule has 0 radical (unpaired) electrons. The third-order valence-electron chi connectivity index (χ3n) is 20.4. The SMILES string of the molecule is CCCCCCCCCCCCCCCCCCOC(=O)C(CCCCCCCCCCCCCC)(CCCCCCCCCCCCCC)C(CCCCCCCCCCCCCCC)CCCCCCCCCCCCCCCCCC. The molecule has 0 aliphatic heterocycles. The van der Waals surface area contributed by atoms with Gasteiger partial charge in [0.25, 0.3) is 0 Å². The van der Waals surface area contributed by atoms with Crippen molar-refractivity contribution in [3.05, 3.63) is 0 Å². The summed E-state index contributed by atoms with van der Waals surface area (Å²) >= 11 is 0. The predicted octanol–water partition coefficient (Wildman–Crippen LogP) is 30.7. The van der Waals surface area contributed by atoms with E-state index in [-0.39, 0.29) is 11.4 Å². The molecule has 0 aliphatic rings. The van der Waals surface area contributed by atoms with E-state index in [0.29, 0.717) is 12.5 Å². The van der Waals surface area contributed by atoms with Gasteiger partial charge in [0.1, 0.15) is 0 Å². The van der Waals surface area contributed by atoms with E-state index < -0.39 is 0 Å². The van der Waals surface area contributed by atoms with Crippen molar-refractivity contribution in [2.75, 3.05) is 6.61 Å². The molecule has 0 aromatic heterocycles. The normalized spacial score (nSPS) is 12.3. The van der Waals surface area contributed by atoms with Crippen molar-refractivity contribution in [2.24, 2.45) is 11.3 Å². The summed E-state index contributed by atoms with van der Waals surface area (Å²) in [5.74, 6) is 0.737. The van der Waals surface area contributed by atoms with E-state index in [2.05, 4.69) is 34.6 Å². The molecular weight excluding hydrogens is 1020 g/mol. The van der Waals surface area contributed by atoms with E-state index in [1.54, 1.807) is 0 Å². The van der Waals surface area contributed by atoms with Gasteiger partial charge < -0.3 is 4.74 Å². The predicted molar refractivity (Wildman–Crippen MR) is 382 cm³/mol. The molecule has 0 saturated carbocycles. The van der Waals surface area contributed by atoms with Crippen LogP contribution in [0.3, 0.4) is 0 Å². The molecule has 0 heterocycles. The largest absolute Gasteiger partial charge is 0.465 e. The molecule has 0 aliphatic carbocycles. The quantitative estimate of drug-likeness (QED) is 0.0448. The molecular formula is C82H164O2. The van der Waals surface area contributed by atoms with E-state index in [4.69, 9.17) is 4.74 Å². The monoisotopic (exact) mass is 1180 g/mol. The second-order valence-electron chi connectivity index (χ2n) is 28.7. The molecule has 504 valence electrons. The van der Waals surface area contributed by atoms with Crippen molar-refractivity contribution in [3.8, 4) is 0 Å². The van der Waals surface area contributed by atoms with Crippen molar-refractivity contribution < 1.29 is 9.53 Å². The third kappa shape index (κ3) is 60.4. The average molecular weight is 1180 g/mol. The van der Waals surface area contributed by atoms with Crippen LogP contribution in [0.5, 0.6) is 0 Å². The summed E-state index contributed by atoms with van der Waals surface area (Å²) in [6.07, 6.45) is 101. The van der Waals surface area contributed by atoms with Crippen LogP contribution in [-0.2, 0) is 9.53 Å². The first-order chi connectivity index (χ1) is 41.6. The maximum Gasteiger partial charge on any atom is 0.312 e. The Bertz CT molecular complexity index is 1150. The number of carbonyl (C=O) groups is 1. The summed E-state index contributed by atoms with van der Waals surface area (Å²) in [6, 6.07) is 0. The minimum Gasteiger partial charge on any atom is -0.465 e. The highest BCUT2D eigenvalue weighted by atomic mass is 16.5. The van der Waals surface area contributed by atoms with Gasteiger partial charge in [0.2, 0.25) is 0 Å². The van der Waals surface area contributed by atoms with Crippen LogP contribution < -0.4 is 0 Å². The molecule has 84 heavy (non-hydrogen) atoms. The first kappa shape index (κ1) is 83.5. The molecule has 0 fully saturated rings. The lowest BCUT2D eigenvalue weighted by Gasteiger charge is -2.40. The number of esters is 1. The molecule has 0 bridgehead atoms. The van der Waals surface area contributed by atoms with Gasteiger partial charge in [-0.15, -0.1) is 0 Å². The highest BCUT2D eigenvalue weighted by molar-refractivity contribution is 5.77. The van der Waals surface area contributed by atoms with E-state index >= 15 is 4.79 Å². The smallest absolute Gasteiger partial charge is 0.312 e. The van der Waals surface area contributed by atoms with Crippen molar-refractivity contribution in [2.45, 2.75) is 503 Å². The number of hydrogen-bond acceptors (Lipinski definition) is 2. The Labute approximate surface area is 534 Å². The van der Waals surface area contributed by atoms with Gasteiger partial charge in [-0.2, -0.15) is 0 Å². The first-order valence-corrected chi connectivity index (χ1v) is 40.8. The van der Waals surface area contributed by atoms with Gasteiger partial charge in [-0.1, -0.05) is 471 Å². The van der Waals surface area contributed by atoms with Crippen LogP contribution in [0.15, 0.2) is 0 Å². The van der Waals surface area contributed by atoms with Gasteiger partial charge in [-0.25, -0.2) is 0 Å². The van der Waals surface area contributed by atoms with Crippen molar-refractivity contribution in [1.29, 1.82) is 0 Å². The molecule has 0 aromatic rings. The average Bonchev–Trinajstić information content (AvgIpc) is 3.70. The zero-order chi connectivity index (χ0) is 60.7. The number of rotatable bonds is 76. The Morgan fingerprint density at radius 3 is 0.560 bits per heavy atom. The maximum atomic E-state index is 15.4. The number of ether oxygens (including phenoxy) is 1. The van der Waals surface area contributed by atoms with Crippen LogP contribution in [0, 0.1) is 11.3 Å². The number of hydrogen-bond donors (Lipinski definition) is 0. The van der Waals surface area contributed by atoms with E-state index in [0.717, 1.165) is 19.3 Å². The van der Waals surface area contributed by atoms with Crippen LogP contribution in [0.1, 0.15) is 503 Å². The van der Waals surface area contributed by atoms with E-state index in [9.17, 15) is 0 Å². The van der Waals surface area contributed by atoms with Crippen LogP contribution in [0.2, 0.25) is 0 Å². The van der Waals surface area contributed by atoms with Gasteiger partial charge in [0.15, 0.2) is 0 Å². The standard InChI is InChI=1S/C82H164O2/c1-6-11-16-21-26-31-36-41-43-45-48-51-56-61-66-71-76-80(75-70-65-60-55-50-47-38-33-28-23-18-13-8-3)82(77-72-67-62-57-52-39-34-29-24-19-14-9-4,78-73-68-63-58-53-40-35-30-25-20-15-10-5)81(83)84-79-74-69-64-59-54-49-46-44-42-37-32-27-22-17-12-7-2/h80H,6-79H2,1-5H3. The lowest BCUT2D eigenvalue weighted by molar-refractivity contribution is -0.162. The first-order valence-electron chi connectivity index (χ1n) is 40.8. The van der Waals surface area contributed by atoms with Crippen molar-refractivity contribution >= 4 is 5.97 Å². The van der Waals surface area contributed by atoms with Gasteiger partial charge >= 0.3 is 5.97 Å². The second kappa shape index (κ2) is 73.2. The van der Waals surface area contributed by atoms with Gasteiger partial charge in [0.05, 0.1) is 12.0 Å². The fraction of sp³-hybridized carbons (Fsp3) is 0.988. The maximum absolute atomic E-state index is 15.4. The van der Waals surface area contributed by atoms with Crippen LogP contribution in [-0.4, -0.2) is 12.6 Å². The molecule has 1 unspecified atom stereocenters. The van der Waals surface area contributed by atoms with Gasteiger partial charge in [-0.3, -0.25) is 4.79 Å². The Morgan fingerprint density at radius 1 is 0.214 bits per heavy atom. The molecule has 2 nitrogen and oxygen atoms in total. The molecule has 0 spiro atoms. The number of unbranched alkanes of at least 4 members (excludes halogenated alkanes) is 64. The van der Waals surface area contributed by atoms with Crippen molar-refractivity contribution in [3.63, 3.8) is 0 Å². The van der Waals surface area contributed by atoms with Crippen molar-refractivity contribution in [1.82, 2.24) is 0 Å². The minimum atomic E-state index is -0.293. The van der Waals surface area contributed by atoms with Crippen LogP contribution >= 0.6 is 0 Å². The highest BCUT2D eigenvalue weighted by Crippen LogP contribution is 2.46. The molecule has 2 heteroatoms. The van der Waals surface area contributed by atoms with Gasteiger partial charge in [0, 0.05) is 0 Å². The molecule has 0 rings (SSSR count). The fourth-order valence-corrected chi connectivity index (χ4v) is 14.5. The molecule has 1 atom stereocenters. The Hall–Kier alpha value is -0.530. The molecule has 0 aromatic carbocycles. The zero-order valence-corrected chi connectivity index (χ0v) is 59.7. The summed E-state index contributed by atoms with van der Waals surface area (Å²) in [5.41, 5.74) is -0.293. The summed E-state index contributed by atoms with van der Waals surface area (Å²) in [6.45, 7) is 12.3. The summed E-state index contributed by atoms with van der Waals surface area (Å²) in [7, 11) is 0. The summed E-state index contributed by atoms with van der Waals surface area (Å²) in [5, 5.41) is 0. The topological polar surface area (TPSA) is 26.3 Å². The van der Waals surface area contributed by atoms with Crippen LogP contribution in [0.4, 0.5) is 0 Å². The van der Waals surface area contributed by atoms with E-state index in [1.165, 1.54) is 449 Å². The fourth-order valence-electron chi connectivity index (χ4n) is 14.5. The molecule has 0 N–H and O–H groups in total. The number of carbonyl (C=O) groups excluding carboxylic acids is 1. The third-order valence-corrected chi connectivity index (χ3v) is 20.4. The van der Waals surface area contributed by atoms with Gasteiger partial charge in [-0.05, 0) is 38.0 Å².